The molecule has 0 amide bonds. The van der Waals surface area contributed by atoms with E-state index in [-0.39, 0.29) is 18.3 Å². The molecule has 0 saturated carbocycles. The monoisotopic (exact) mass is 263 g/mol. The molecule has 0 heterocycles. The minimum Gasteiger partial charge on any atom is -0.317 e. The van der Waals surface area contributed by atoms with Gasteiger partial charge in [0.2, 0.25) is 0 Å². The molecule has 0 aliphatic rings. The van der Waals surface area contributed by atoms with Crippen LogP contribution in [0, 0.1) is 5.82 Å². The Morgan fingerprint density at radius 3 is 2.44 bits per heavy atom. The maximum absolute atomic E-state index is 13.4. The normalized spacial score (nSPS) is 13.6. The average Bonchev–Trinajstić information content (AvgIpc) is 2.29. The van der Waals surface area contributed by atoms with Crippen molar-refractivity contribution in [1.82, 2.24) is 5.32 Å². The van der Waals surface area contributed by atoms with Crippen molar-refractivity contribution in [3.63, 3.8) is 0 Å². The zero-order valence-electron chi connectivity index (χ0n) is 10.2. The molecule has 18 heavy (non-hydrogen) atoms. The highest BCUT2D eigenvalue weighted by atomic mass is 19.4. The third kappa shape index (κ3) is 5.49. The lowest BCUT2D eigenvalue weighted by molar-refractivity contribution is -0.135. The van der Waals surface area contributed by atoms with Crippen LogP contribution in [0.25, 0.3) is 0 Å². The van der Waals surface area contributed by atoms with Crippen LogP contribution in [0.5, 0.6) is 0 Å². The van der Waals surface area contributed by atoms with E-state index in [0.29, 0.717) is 18.4 Å². The Morgan fingerprint density at radius 1 is 1.22 bits per heavy atom. The van der Waals surface area contributed by atoms with Crippen molar-refractivity contribution in [2.75, 3.05) is 7.05 Å². The smallest absolute Gasteiger partial charge is 0.317 e. The molecule has 1 atom stereocenters. The third-order valence-corrected chi connectivity index (χ3v) is 2.85. The first-order valence-corrected chi connectivity index (χ1v) is 5.90. The number of benzene rings is 1. The molecule has 1 unspecified atom stereocenters. The SMILES string of the molecule is CNC(CCCC(F)(F)F)Cc1ccccc1F. The van der Waals surface area contributed by atoms with Crippen molar-refractivity contribution in [2.45, 2.75) is 37.9 Å². The summed E-state index contributed by atoms with van der Waals surface area (Å²) >= 11 is 0. The number of hydrogen-bond acceptors (Lipinski definition) is 1. The van der Waals surface area contributed by atoms with Gasteiger partial charge in [0.25, 0.3) is 0 Å². The lowest BCUT2D eigenvalue weighted by Gasteiger charge is -2.17. The molecule has 1 aromatic rings. The molecule has 0 aromatic heterocycles. The number of halogens is 4. The predicted molar refractivity (Wildman–Crippen MR) is 62.9 cm³/mol. The Bertz CT molecular complexity index is 362. The molecule has 1 N–H and O–H groups in total. The quantitative estimate of drug-likeness (QED) is 0.772. The zero-order valence-corrected chi connectivity index (χ0v) is 10.2. The molecule has 1 aromatic carbocycles. The zero-order chi connectivity index (χ0) is 13.6. The summed E-state index contributed by atoms with van der Waals surface area (Å²) in [5, 5.41) is 2.93. The average molecular weight is 263 g/mol. The van der Waals surface area contributed by atoms with Gasteiger partial charge >= 0.3 is 6.18 Å². The lowest BCUT2D eigenvalue weighted by atomic mass is 10.0. The van der Waals surface area contributed by atoms with Crippen LogP contribution in [-0.2, 0) is 6.42 Å². The van der Waals surface area contributed by atoms with Crippen LogP contribution in [0.4, 0.5) is 17.6 Å². The van der Waals surface area contributed by atoms with Gasteiger partial charge in [-0.15, -0.1) is 0 Å². The van der Waals surface area contributed by atoms with Gasteiger partial charge in [-0.2, -0.15) is 13.2 Å². The maximum Gasteiger partial charge on any atom is 0.389 e. The van der Waals surface area contributed by atoms with E-state index in [4.69, 9.17) is 0 Å². The van der Waals surface area contributed by atoms with Crippen molar-refractivity contribution in [3.05, 3.63) is 35.6 Å². The topological polar surface area (TPSA) is 12.0 Å². The molecule has 0 spiro atoms. The molecule has 0 bridgehead atoms. The number of nitrogens with one attached hydrogen (secondary N) is 1. The second-order valence-electron chi connectivity index (χ2n) is 4.29. The minimum atomic E-state index is -4.11. The van der Waals surface area contributed by atoms with E-state index in [1.807, 2.05) is 0 Å². The second-order valence-corrected chi connectivity index (χ2v) is 4.29. The van der Waals surface area contributed by atoms with Crippen molar-refractivity contribution < 1.29 is 17.6 Å². The second kappa shape index (κ2) is 6.73. The summed E-state index contributed by atoms with van der Waals surface area (Å²) in [5.41, 5.74) is 0.531. The van der Waals surface area contributed by atoms with E-state index in [1.54, 1.807) is 25.2 Å². The van der Waals surface area contributed by atoms with Crippen molar-refractivity contribution in [3.8, 4) is 0 Å². The van der Waals surface area contributed by atoms with Gasteiger partial charge in [0.1, 0.15) is 5.82 Å². The van der Waals surface area contributed by atoms with Crippen LogP contribution >= 0.6 is 0 Å². The molecular formula is C13H17F4N. The Balaban J connectivity index is 2.45. The Labute approximate surface area is 104 Å². The largest absolute Gasteiger partial charge is 0.389 e. The van der Waals surface area contributed by atoms with Crippen molar-refractivity contribution in [1.29, 1.82) is 0 Å². The van der Waals surface area contributed by atoms with Crippen molar-refractivity contribution >= 4 is 0 Å². The molecule has 1 nitrogen and oxygen atoms in total. The molecule has 0 fully saturated rings. The van der Waals surface area contributed by atoms with Crippen LogP contribution in [-0.4, -0.2) is 19.3 Å². The Hall–Kier alpha value is -1.10. The predicted octanol–water partition coefficient (Wildman–Crippen LogP) is 3.69. The fourth-order valence-corrected chi connectivity index (χ4v) is 1.83. The number of hydrogen-bond donors (Lipinski definition) is 1. The van der Waals surface area contributed by atoms with Gasteiger partial charge in [0.15, 0.2) is 0 Å². The molecule has 5 heteroatoms. The van der Waals surface area contributed by atoms with E-state index in [9.17, 15) is 17.6 Å². The maximum atomic E-state index is 13.4. The Kier molecular flexibility index (Phi) is 5.59. The molecule has 0 saturated heterocycles. The van der Waals surface area contributed by atoms with Crippen LogP contribution in [0.2, 0.25) is 0 Å². The number of rotatable bonds is 6. The summed E-state index contributed by atoms with van der Waals surface area (Å²) in [6, 6.07) is 6.20. The Morgan fingerprint density at radius 2 is 1.89 bits per heavy atom. The van der Waals surface area contributed by atoms with Gasteiger partial charge < -0.3 is 5.32 Å². The summed E-state index contributed by atoms with van der Waals surface area (Å²) < 4.78 is 49.5. The van der Waals surface area contributed by atoms with Gasteiger partial charge in [-0.25, -0.2) is 4.39 Å². The molecule has 1 rings (SSSR count). The molecule has 0 aliphatic carbocycles. The lowest BCUT2D eigenvalue weighted by Crippen LogP contribution is -2.28. The van der Waals surface area contributed by atoms with Crippen LogP contribution in [0.1, 0.15) is 24.8 Å². The number of alkyl halides is 3. The summed E-state index contributed by atoms with van der Waals surface area (Å²) in [7, 11) is 1.68. The fourth-order valence-electron chi connectivity index (χ4n) is 1.83. The molecular weight excluding hydrogens is 246 g/mol. The van der Waals surface area contributed by atoms with Gasteiger partial charge in [-0.1, -0.05) is 18.2 Å². The van der Waals surface area contributed by atoms with Gasteiger partial charge in [0.05, 0.1) is 0 Å². The van der Waals surface area contributed by atoms with E-state index < -0.39 is 12.6 Å². The van der Waals surface area contributed by atoms with Gasteiger partial charge in [-0.3, -0.25) is 0 Å². The minimum absolute atomic E-state index is 0.0590. The summed E-state index contributed by atoms with van der Waals surface area (Å²) in [4.78, 5) is 0. The van der Waals surface area contributed by atoms with Crippen LogP contribution < -0.4 is 5.32 Å². The van der Waals surface area contributed by atoms with E-state index in [2.05, 4.69) is 5.32 Å². The first-order chi connectivity index (χ1) is 8.42. The first-order valence-electron chi connectivity index (χ1n) is 5.90. The standard InChI is InChI=1S/C13H17F4N/c1-18-11(6-4-8-13(15,16)17)9-10-5-2-3-7-12(10)14/h2-3,5,7,11,18H,4,6,8-9H2,1H3. The molecule has 102 valence electrons. The first kappa shape index (κ1) is 15.0. The molecule has 0 aliphatic heterocycles. The van der Waals surface area contributed by atoms with Crippen LogP contribution in [0.15, 0.2) is 24.3 Å². The van der Waals surface area contributed by atoms with E-state index in [1.165, 1.54) is 6.07 Å². The molecule has 0 radical (unpaired) electrons. The van der Waals surface area contributed by atoms with E-state index >= 15 is 0 Å². The summed E-state index contributed by atoms with van der Waals surface area (Å²) in [6.07, 6.45) is -4.06. The highest BCUT2D eigenvalue weighted by Crippen LogP contribution is 2.23. The van der Waals surface area contributed by atoms with E-state index in [0.717, 1.165) is 0 Å². The fraction of sp³-hybridized carbons (Fsp3) is 0.538. The third-order valence-electron chi connectivity index (χ3n) is 2.85. The van der Waals surface area contributed by atoms with Gasteiger partial charge in [0, 0.05) is 12.5 Å². The highest BCUT2D eigenvalue weighted by molar-refractivity contribution is 5.18. The summed E-state index contributed by atoms with van der Waals surface area (Å²) in [6.45, 7) is 0. The number of likely N-dealkylation sites (N-methyl/N-ethyl adjacent to an activating group) is 1. The van der Waals surface area contributed by atoms with Crippen molar-refractivity contribution in [2.24, 2.45) is 0 Å². The van der Waals surface area contributed by atoms with Crippen LogP contribution in [0.3, 0.4) is 0 Å². The van der Waals surface area contributed by atoms with Gasteiger partial charge in [-0.05, 0) is 37.9 Å². The highest BCUT2D eigenvalue weighted by Gasteiger charge is 2.26. The summed E-state index contributed by atoms with van der Waals surface area (Å²) in [5.74, 6) is -0.312.